The topological polar surface area (TPSA) is 27.7 Å². The van der Waals surface area contributed by atoms with E-state index in [1.165, 1.54) is 12.1 Å². The maximum absolute atomic E-state index is 14.7. The molecule has 1 aliphatic heterocycles. The molecular weight excluding hydrogens is 505 g/mol. The van der Waals surface area contributed by atoms with Gasteiger partial charge in [0.25, 0.3) is 0 Å². The summed E-state index contributed by atoms with van der Waals surface area (Å²) in [5.74, 6) is -9.52. The summed E-state index contributed by atoms with van der Waals surface area (Å²) in [5.41, 5.74) is -1.57. The van der Waals surface area contributed by atoms with Crippen molar-refractivity contribution in [3.8, 4) is 16.9 Å². The second-order valence-electron chi connectivity index (χ2n) is 8.82. The molecule has 0 N–H and O–H groups in total. The van der Waals surface area contributed by atoms with Crippen molar-refractivity contribution in [2.45, 2.75) is 39.1 Å². The second-order valence-corrected chi connectivity index (χ2v) is 8.82. The molecule has 3 aromatic carbocycles. The van der Waals surface area contributed by atoms with Crippen LogP contribution < -0.4 is 4.74 Å². The normalized spacial score (nSPS) is 18.2. The summed E-state index contributed by atoms with van der Waals surface area (Å²) in [4.78, 5) is 0. The fourth-order valence-corrected chi connectivity index (χ4v) is 4.12. The van der Waals surface area contributed by atoms with Gasteiger partial charge in [0, 0.05) is 23.1 Å². The van der Waals surface area contributed by atoms with Crippen molar-refractivity contribution in [1.29, 1.82) is 0 Å². The van der Waals surface area contributed by atoms with E-state index < -0.39 is 58.4 Å². The van der Waals surface area contributed by atoms with Gasteiger partial charge in [-0.2, -0.15) is 8.78 Å². The van der Waals surface area contributed by atoms with Gasteiger partial charge < -0.3 is 14.2 Å². The molecule has 10 heteroatoms. The van der Waals surface area contributed by atoms with Crippen molar-refractivity contribution in [3.63, 3.8) is 0 Å². The van der Waals surface area contributed by atoms with Crippen LogP contribution in [-0.2, 0) is 15.6 Å². The van der Waals surface area contributed by atoms with Gasteiger partial charge in [0.05, 0.1) is 13.2 Å². The number of hydrogen-bond donors (Lipinski definition) is 0. The lowest BCUT2D eigenvalue weighted by Crippen LogP contribution is -2.26. The van der Waals surface area contributed by atoms with E-state index in [-0.39, 0.29) is 11.6 Å². The average molecular weight is 528 g/mol. The van der Waals surface area contributed by atoms with Crippen molar-refractivity contribution in [3.05, 3.63) is 88.2 Å². The average Bonchev–Trinajstić information content (AvgIpc) is 2.86. The van der Waals surface area contributed by atoms with Crippen LogP contribution in [0.15, 0.2) is 42.5 Å². The van der Waals surface area contributed by atoms with Gasteiger partial charge >= 0.3 is 6.11 Å². The fourth-order valence-electron chi connectivity index (χ4n) is 4.12. The minimum Gasteiger partial charge on any atom is -0.428 e. The van der Waals surface area contributed by atoms with E-state index in [0.29, 0.717) is 42.4 Å². The lowest BCUT2D eigenvalue weighted by atomic mass is 10.0. The van der Waals surface area contributed by atoms with Crippen LogP contribution in [0.2, 0.25) is 0 Å². The number of alkyl halides is 2. The molecule has 4 rings (SSSR count). The monoisotopic (exact) mass is 528 g/mol. The highest BCUT2D eigenvalue weighted by molar-refractivity contribution is 5.64. The summed E-state index contributed by atoms with van der Waals surface area (Å²) in [6.45, 7) is 4.03. The summed E-state index contributed by atoms with van der Waals surface area (Å²) < 4.78 is 115. The largest absolute Gasteiger partial charge is 0.432 e. The van der Waals surface area contributed by atoms with Gasteiger partial charge in [-0.1, -0.05) is 37.6 Å². The molecule has 0 amide bonds. The third-order valence-corrected chi connectivity index (χ3v) is 6.11. The van der Waals surface area contributed by atoms with Gasteiger partial charge in [0.1, 0.15) is 22.9 Å². The predicted octanol–water partition coefficient (Wildman–Crippen LogP) is 7.95. The first-order valence-electron chi connectivity index (χ1n) is 11.6. The zero-order valence-electron chi connectivity index (χ0n) is 19.9. The fraction of sp³-hybridized carbons (Fsp3) is 0.333. The summed E-state index contributed by atoms with van der Waals surface area (Å²) in [6, 6.07) is 7.91. The molecule has 0 saturated carbocycles. The van der Waals surface area contributed by atoms with Gasteiger partial charge in [-0.25, -0.2) is 22.0 Å². The van der Waals surface area contributed by atoms with Crippen molar-refractivity contribution in [2.75, 3.05) is 13.2 Å². The number of halogens is 7. The molecule has 3 nitrogen and oxygen atoms in total. The van der Waals surface area contributed by atoms with Crippen LogP contribution in [0.25, 0.3) is 11.1 Å². The first-order valence-corrected chi connectivity index (χ1v) is 11.6. The van der Waals surface area contributed by atoms with Gasteiger partial charge in [-0.15, -0.1) is 0 Å². The molecule has 1 fully saturated rings. The Morgan fingerprint density at radius 3 is 2.00 bits per heavy atom. The maximum atomic E-state index is 14.7. The van der Waals surface area contributed by atoms with Crippen LogP contribution in [0.3, 0.4) is 0 Å². The Labute approximate surface area is 208 Å². The molecule has 0 atom stereocenters. The van der Waals surface area contributed by atoms with Gasteiger partial charge in [-0.05, 0) is 36.6 Å². The Morgan fingerprint density at radius 1 is 0.838 bits per heavy atom. The third-order valence-electron chi connectivity index (χ3n) is 6.11. The molecule has 3 aromatic rings. The Hall–Kier alpha value is -3.11. The molecule has 0 unspecified atom stereocenters. The Bertz CT molecular complexity index is 1250. The molecule has 0 radical (unpaired) electrons. The molecule has 0 bridgehead atoms. The van der Waals surface area contributed by atoms with Crippen LogP contribution in [0.4, 0.5) is 30.7 Å². The first-order chi connectivity index (χ1) is 17.5. The van der Waals surface area contributed by atoms with Crippen LogP contribution in [0, 0.1) is 41.9 Å². The zero-order chi connectivity index (χ0) is 26.9. The maximum Gasteiger partial charge on any atom is 0.432 e. The van der Waals surface area contributed by atoms with Crippen LogP contribution >= 0.6 is 0 Å². The number of benzene rings is 3. The standard InChI is InChI=1S/C27H23F7O3/c1-3-4-15-12-35-26(36-13-15)17-7-5-16(6-8-17)18-9-19(28)23(20(29)10-18)27(33,34)37-22-11-21(30)25(32)24(31)14(22)2/h5-11,15,26H,3-4,12-13H2,1-2H3. The van der Waals surface area contributed by atoms with Crippen molar-refractivity contribution >= 4 is 0 Å². The molecule has 0 aromatic heterocycles. The third kappa shape index (κ3) is 5.60. The molecular formula is C27H23F7O3. The van der Waals surface area contributed by atoms with Crippen LogP contribution in [-0.4, -0.2) is 13.2 Å². The van der Waals surface area contributed by atoms with E-state index in [2.05, 4.69) is 11.7 Å². The van der Waals surface area contributed by atoms with Crippen LogP contribution in [0.1, 0.15) is 42.7 Å². The summed E-state index contributed by atoms with van der Waals surface area (Å²) in [5, 5.41) is 0. The quantitative estimate of drug-likeness (QED) is 0.230. The second kappa shape index (κ2) is 10.7. The SMILES string of the molecule is CCCC1COC(c2ccc(-c3cc(F)c(C(F)(F)Oc4cc(F)c(F)c(F)c4C)c(F)c3)cc2)OC1. The summed E-state index contributed by atoms with van der Waals surface area (Å²) in [7, 11) is 0. The Balaban J connectivity index is 1.55. The highest BCUT2D eigenvalue weighted by Crippen LogP contribution is 2.39. The molecule has 37 heavy (non-hydrogen) atoms. The molecule has 1 saturated heterocycles. The lowest BCUT2D eigenvalue weighted by Gasteiger charge is -2.29. The van der Waals surface area contributed by atoms with Gasteiger partial charge in [0.15, 0.2) is 23.7 Å². The van der Waals surface area contributed by atoms with E-state index in [4.69, 9.17) is 9.47 Å². The highest BCUT2D eigenvalue weighted by atomic mass is 19.3. The van der Waals surface area contributed by atoms with E-state index in [0.717, 1.165) is 19.8 Å². The lowest BCUT2D eigenvalue weighted by molar-refractivity contribution is -0.206. The molecule has 198 valence electrons. The first kappa shape index (κ1) is 26.9. The number of ether oxygens (including phenoxy) is 3. The number of hydrogen-bond acceptors (Lipinski definition) is 3. The zero-order valence-corrected chi connectivity index (χ0v) is 19.9. The molecule has 0 aliphatic carbocycles. The summed E-state index contributed by atoms with van der Waals surface area (Å²) >= 11 is 0. The minimum absolute atomic E-state index is 0.0374. The van der Waals surface area contributed by atoms with Gasteiger partial charge in [0.2, 0.25) is 0 Å². The minimum atomic E-state index is -4.66. The highest BCUT2D eigenvalue weighted by Gasteiger charge is 2.42. The van der Waals surface area contributed by atoms with Crippen molar-refractivity contribution < 1.29 is 44.9 Å². The predicted molar refractivity (Wildman–Crippen MR) is 120 cm³/mol. The summed E-state index contributed by atoms with van der Waals surface area (Å²) in [6.07, 6.45) is -3.24. The Morgan fingerprint density at radius 2 is 1.43 bits per heavy atom. The number of rotatable bonds is 7. The van der Waals surface area contributed by atoms with Crippen LogP contribution in [0.5, 0.6) is 5.75 Å². The molecule has 1 heterocycles. The molecule has 0 spiro atoms. The van der Waals surface area contributed by atoms with Gasteiger partial charge in [-0.3, -0.25) is 0 Å². The van der Waals surface area contributed by atoms with E-state index in [9.17, 15) is 30.7 Å². The van der Waals surface area contributed by atoms with E-state index in [1.807, 2.05) is 0 Å². The molecule has 1 aliphatic rings. The van der Waals surface area contributed by atoms with E-state index in [1.54, 1.807) is 12.1 Å². The van der Waals surface area contributed by atoms with Crippen molar-refractivity contribution in [1.82, 2.24) is 0 Å². The smallest absolute Gasteiger partial charge is 0.428 e. The van der Waals surface area contributed by atoms with Crippen molar-refractivity contribution in [2.24, 2.45) is 5.92 Å². The Kier molecular flexibility index (Phi) is 7.80. The van der Waals surface area contributed by atoms with E-state index >= 15 is 0 Å².